The number of carboxylic acid groups (broad SMARTS) is 1. The smallest absolute Gasteiger partial charge is 0.303 e. The van der Waals surface area contributed by atoms with Crippen molar-refractivity contribution in [2.75, 3.05) is 0 Å². The maximum absolute atomic E-state index is 13.6. The minimum atomic E-state index is -0.885. The number of hydrogen-bond acceptors (Lipinski definition) is 4. The number of benzene rings is 1. The Bertz CT molecular complexity index is 622. The molecule has 1 aromatic carbocycles. The van der Waals surface area contributed by atoms with Crippen LogP contribution in [0.15, 0.2) is 28.8 Å². The number of halogens is 1. The molecule has 20 heavy (non-hydrogen) atoms. The van der Waals surface area contributed by atoms with Gasteiger partial charge in [-0.2, -0.15) is 4.98 Å². The first-order valence-electron chi connectivity index (χ1n) is 6.17. The fourth-order valence-corrected chi connectivity index (χ4v) is 1.96. The maximum Gasteiger partial charge on any atom is 0.303 e. The van der Waals surface area contributed by atoms with Gasteiger partial charge >= 0.3 is 5.97 Å². The van der Waals surface area contributed by atoms with Crippen LogP contribution in [0.3, 0.4) is 0 Å². The lowest BCUT2D eigenvalue weighted by molar-refractivity contribution is -0.139. The van der Waals surface area contributed by atoms with E-state index in [4.69, 9.17) is 9.63 Å². The van der Waals surface area contributed by atoms with Crippen LogP contribution in [0.25, 0.3) is 11.4 Å². The average molecular weight is 278 g/mol. The molecule has 0 unspecified atom stereocenters. The minimum absolute atomic E-state index is 0.00951. The van der Waals surface area contributed by atoms with Crippen molar-refractivity contribution in [3.8, 4) is 11.4 Å². The predicted molar refractivity (Wildman–Crippen MR) is 69.4 cm³/mol. The average Bonchev–Trinajstić information content (AvgIpc) is 2.75. The number of rotatable bonds is 5. The Balaban J connectivity index is 2.18. The van der Waals surface area contributed by atoms with E-state index in [1.54, 1.807) is 32.0 Å². The summed E-state index contributed by atoms with van der Waals surface area (Å²) in [5.74, 6) is -0.841. The van der Waals surface area contributed by atoms with Gasteiger partial charge in [0.2, 0.25) is 11.7 Å². The number of carbonyl (C=O) groups is 1. The van der Waals surface area contributed by atoms with Crippen LogP contribution in [0.5, 0.6) is 0 Å². The van der Waals surface area contributed by atoms with Crippen LogP contribution in [0.1, 0.15) is 26.2 Å². The zero-order valence-corrected chi connectivity index (χ0v) is 11.3. The minimum Gasteiger partial charge on any atom is -0.481 e. The van der Waals surface area contributed by atoms with E-state index in [-0.39, 0.29) is 17.8 Å². The molecule has 0 aliphatic carbocycles. The van der Waals surface area contributed by atoms with E-state index in [9.17, 15) is 9.18 Å². The molecule has 0 fully saturated rings. The molecule has 2 rings (SSSR count). The molecule has 0 saturated carbocycles. The summed E-state index contributed by atoms with van der Waals surface area (Å²) in [6, 6.07) is 6.14. The summed E-state index contributed by atoms with van der Waals surface area (Å²) in [5, 5.41) is 12.6. The second-order valence-electron chi connectivity index (χ2n) is 5.40. The van der Waals surface area contributed by atoms with E-state index in [2.05, 4.69) is 10.1 Å². The van der Waals surface area contributed by atoms with Gasteiger partial charge in [-0.3, -0.25) is 4.79 Å². The Morgan fingerprint density at radius 2 is 2.10 bits per heavy atom. The summed E-state index contributed by atoms with van der Waals surface area (Å²) in [4.78, 5) is 14.9. The molecule has 0 amide bonds. The van der Waals surface area contributed by atoms with Gasteiger partial charge in [-0.15, -0.1) is 0 Å². The third-order valence-electron chi connectivity index (χ3n) is 2.84. The summed E-state index contributed by atoms with van der Waals surface area (Å²) < 4.78 is 18.7. The number of nitrogens with zero attached hydrogens (tertiary/aromatic N) is 2. The van der Waals surface area contributed by atoms with Crippen LogP contribution in [0.4, 0.5) is 4.39 Å². The quantitative estimate of drug-likeness (QED) is 0.910. The Morgan fingerprint density at radius 1 is 1.40 bits per heavy atom. The first-order chi connectivity index (χ1) is 9.37. The third kappa shape index (κ3) is 3.40. The number of carboxylic acids is 1. The van der Waals surface area contributed by atoms with Gasteiger partial charge in [-0.1, -0.05) is 31.1 Å². The summed E-state index contributed by atoms with van der Waals surface area (Å²) >= 11 is 0. The highest BCUT2D eigenvalue weighted by atomic mass is 19.1. The molecule has 0 atom stereocenters. The molecule has 2 aromatic rings. The van der Waals surface area contributed by atoms with E-state index in [1.807, 2.05) is 0 Å². The lowest BCUT2D eigenvalue weighted by Crippen LogP contribution is -2.19. The normalized spacial score (nSPS) is 11.6. The summed E-state index contributed by atoms with van der Waals surface area (Å²) in [6.07, 6.45) is 0.311. The molecule has 0 radical (unpaired) electrons. The highest BCUT2D eigenvalue weighted by Crippen LogP contribution is 2.27. The van der Waals surface area contributed by atoms with Gasteiger partial charge in [0.25, 0.3) is 0 Å². The Kier molecular flexibility index (Phi) is 3.83. The van der Waals surface area contributed by atoms with Crippen molar-refractivity contribution in [1.82, 2.24) is 10.1 Å². The van der Waals surface area contributed by atoms with Crippen LogP contribution in [-0.2, 0) is 11.2 Å². The molecule has 0 bridgehead atoms. The Labute approximate surface area is 115 Å². The van der Waals surface area contributed by atoms with Gasteiger partial charge in [0.15, 0.2) is 0 Å². The van der Waals surface area contributed by atoms with Crippen molar-refractivity contribution in [3.63, 3.8) is 0 Å². The van der Waals surface area contributed by atoms with Gasteiger partial charge in [-0.05, 0) is 17.5 Å². The van der Waals surface area contributed by atoms with Gasteiger partial charge in [0.1, 0.15) is 5.82 Å². The molecule has 0 saturated heterocycles. The Morgan fingerprint density at radius 3 is 2.75 bits per heavy atom. The zero-order valence-electron chi connectivity index (χ0n) is 11.3. The van der Waals surface area contributed by atoms with Crippen molar-refractivity contribution < 1.29 is 18.8 Å². The molecule has 106 valence electrons. The van der Waals surface area contributed by atoms with E-state index < -0.39 is 17.2 Å². The lowest BCUT2D eigenvalue weighted by Gasteiger charge is -2.19. The van der Waals surface area contributed by atoms with Crippen molar-refractivity contribution >= 4 is 5.97 Å². The second-order valence-corrected chi connectivity index (χ2v) is 5.40. The maximum atomic E-state index is 13.6. The highest BCUT2D eigenvalue weighted by Gasteiger charge is 2.25. The molecule has 0 aliphatic heterocycles. The molecule has 1 aromatic heterocycles. The van der Waals surface area contributed by atoms with E-state index in [0.29, 0.717) is 12.3 Å². The first kappa shape index (κ1) is 14.2. The molecule has 5 nitrogen and oxygen atoms in total. The van der Waals surface area contributed by atoms with Crippen LogP contribution in [0, 0.1) is 11.2 Å². The van der Waals surface area contributed by atoms with Gasteiger partial charge in [0.05, 0.1) is 12.0 Å². The van der Waals surface area contributed by atoms with Crippen LogP contribution in [0.2, 0.25) is 0 Å². The third-order valence-corrected chi connectivity index (χ3v) is 2.84. The predicted octanol–water partition coefficient (Wildman–Crippen LogP) is 2.92. The van der Waals surface area contributed by atoms with Crippen molar-refractivity contribution in [2.24, 2.45) is 5.41 Å². The summed E-state index contributed by atoms with van der Waals surface area (Å²) in [7, 11) is 0. The first-order valence-corrected chi connectivity index (χ1v) is 6.17. The van der Waals surface area contributed by atoms with Crippen molar-refractivity contribution in [2.45, 2.75) is 26.7 Å². The van der Waals surface area contributed by atoms with Gasteiger partial charge in [-0.25, -0.2) is 4.39 Å². The summed E-state index contributed by atoms with van der Waals surface area (Å²) in [6.45, 7) is 3.60. The molecule has 0 aliphatic rings. The van der Waals surface area contributed by atoms with Crippen molar-refractivity contribution in [1.29, 1.82) is 0 Å². The molecule has 6 heteroatoms. The monoisotopic (exact) mass is 278 g/mol. The van der Waals surface area contributed by atoms with Crippen LogP contribution in [-0.4, -0.2) is 21.2 Å². The largest absolute Gasteiger partial charge is 0.481 e. The lowest BCUT2D eigenvalue weighted by atomic mass is 9.86. The summed E-state index contributed by atoms with van der Waals surface area (Å²) in [5.41, 5.74) is -0.247. The molecule has 1 heterocycles. The second kappa shape index (κ2) is 5.40. The number of hydrogen-bond donors (Lipinski definition) is 1. The van der Waals surface area contributed by atoms with Crippen molar-refractivity contribution in [3.05, 3.63) is 36.0 Å². The van der Waals surface area contributed by atoms with Crippen LogP contribution < -0.4 is 0 Å². The van der Waals surface area contributed by atoms with Gasteiger partial charge < -0.3 is 9.63 Å². The SMILES string of the molecule is CC(C)(CC(=O)O)Cc1nc(-c2ccccc2F)no1. The fourth-order valence-electron chi connectivity index (χ4n) is 1.96. The molecule has 0 spiro atoms. The number of aromatic nitrogens is 2. The molecular weight excluding hydrogens is 263 g/mol. The zero-order chi connectivity index (χ0) is 14.8. The number of aliphatic carboxylic acids is 1. The Hall–Kier alpha value is -2.24. The van der Waals surface area contributed by atoms with E-state index >= 15 is 0 Å². The van der Waals surface area contributed by atoms with E-state index in [1.165, 1.54) is 6.07 Å². The standard InChI is InChI=1S/C14H15FN2O3/c1-14(2,8-12(18)19)7-11-16-13(17-20-11)9-5-3-4-6-10(9)15/h3-6H,7-8H2,1-2H3,(H,18,19). The molecule has 1 N–H and O–H groups in total. The topological polar surface area (TPSA) is 76.2 Å². The van der Waals surface area contributed by atoms with E-state index in [0.717, 1.165) is 0 Å². The van der Waals surface area contributed by atoms with Gasteiger partial charge in [0, 0.05) is 6.42 Å². The molecular formula is C14H15FN2O3. The van der Waals surface area contributed by atoms with Crippen LogP contribution >= 0.6 is 0 Å². The highest BCUT2D eigenvalue weighted by molar-refractivity contribution is 5.67. The fraction of sp³-hybridized carbons (Fsp3) is 0.357.